The number of aromatic nitrogens is 3. The zero-order valence-electron chi connectivity index (χ0n) is 14.2. The number of benzene rings is 1. The third-order valence-corrected chi connectivity index (χ3v) is 4.76. The molecule has 1 N–H and O–H groups in total. The van der Waals surface area contributed by atoms with E-state index < -0.39 is 0 Å². The fraction of sp³-hybridized carbons (Fsp3) is 0.368. The van der Waals surface area contributed by atoms with E-state index in [9.17, 15) is 5.11 Å². The fourth-order valence-electron chi connectivity index (χ4n) is 3.56. The fourth-order valence-corrected chi connectivity index (χ4v) is 3.56. The van der Waals surface area contributed by atoms with Gasteiger partial charge in [-0.3, -0.25) is 4.90 Å². The van der Waals surface area contributed by atoms with Gasteiger partial charge in [0.05, 0.1) is 17.5 Å². The van der Waals surface area contributed by atoms with Crippen molar-refractivity contribution < 1.29 is 9.63 Å². The Morgan fingerprint density at radius 3 is 2.88 bits per heavy atom. The number of hydrogen-bond donors (Lipinski definition) is 1. The zero-order valence-corrected chi connectivity index (χ0v) is 14.2. The van der Waals surface area contributed by atoms with Crippen molar-refractivity contribution in [3.8, 4) is 5.69 Å². The Balaban J connectivity index is 1.46. The van der Waals surface area contributed by atoms with Crippen molar-refractivity contribution in [2.75, 3.05) is 13.1 Å². The molecular formula is C19H22N4O2. The van der Waals surface area contributed by atoms with Crippen molar-refractivity contribution in [1.29, 1.82) is 0 Å². The first-order valence-electron chi connectivity index (χ1n) is 8.59. The van der Waals surface area contributed by atoms with Gasteiger partial charge in [0.25, 0.3) is 0 Å². The summed E-state index contributed by atoms with van der Waals surface area (Å²) in [6.07, 6.45) is 4.11. The van der Waals surface area contributed by atoms with Crippen molar-refractivity contribution in [2.24, 2.45) is 5.92 Å². The van der Waals surface area contributed by atoms with Gasteiger partial charge < -0.3 is 9.63 Å². The summed E-state index contributed by atoms with van der Waals surface area (Å²) >= 11 is 0. The molecule has 6 heteroatoms. The molecule has 3 aromatic rings. The number of β-amino-alcohol motifs (C(OH)–C–C–N with tert-alkyl or cyclic N) is 1. The van der Waals surface area contributed by atoms with Crippen LogP contribution in [0, 0.1) is 12.8 Å². The predicted octanol–water partition coefficient (Wildman–Crippen LogP) is 2.20. The van der Waals surface area contributed by atoms with Crippen molar-refractivity contribution in [2.45, 2.75) is 26.0 Å². The molecule has 25 heavy (non-hydrogen) atoms. The molecule has 4 rings (SSSR count). The van der Waals surface area contributed by atoms with Crippen LogP contribution in [-0.4, -0.2) is 44.1 Å². The molecule has 0 aliphatic carbocycles. The lowest BCUT2D eigenvalue weighted by Crippen LogP contribution is -2.22. The summed E-state index contributed by atoms with van der Waals surface area (Å²) in [5.74, 6) is 1.02. The first-order chi connectivity index (χ1) is 12.2. The molecule has 2 atom stereocenters. The van der Waals surface area contributed by atoms with Gasteiger partial charge in [0.1, 0.15) is 5.76 Å². The van der Waals surface area contributed by atoms with Gasteiger partial charge in [-0.15, -0.1) is 0 Å². The first-order valence-corrected chi connectivity index (χ1v) is 8.59. The molecule has 0 bridgehead atoms. The largest absolute Gasteiger partial charge is 0.391 e. The number of aliphatic hydroxyl groups is 1. The highest BCUT2D eigenvalue weighted by molar-refractivity contribution is 5.40. The quantitative estimate of drug-likeness (QED) is 0.772. The van der Waals surface area contributed by atoms with Crippen LogP contribution < -0.4 is 0 Å². The summed E-state index contributed by atoms with van der Waals surface area (Å²) in [4.78, 5) is 2.29. The van der Waals surface area contributed by atoms with Crippen LogP contribution in [0.2, 0.25) is 0 Å². The Labute approximate surface area is 146 Å². The highest BCUT2D eigenvalue weighted by atomic mass is 16.5. The molecule has 1 fully saturated rings. The predicted molar refractivity (Wildman–Crippen MR) is 93.3 cm³/mol. The Bertz CT molecular complexity index is 828. The molecule has 1 saturated heterocycles. The Morgan fingerprint density at radius 2 is 2.12 bits per heavy atom. The lowest BCUT2D eigenvalue weighted by Gasteiger charge is -2.18. The second-order valence-corrected chi connectivity index (χ2v) is 6.74. The van der Waals surface area contributed by atoms with Crippen LogP contribution in [0.1, 0.15) is 17.0 Å². The number of aryl methyl sites for hydroxylation is 1. The molecule has 2 unspecified atom stereocenters. The molecule has 1 aliphatic heterocycles. The van der Waals surface area contributed by atoms with Crippen LogP contribution in [0.3, 0.4) is 0 Å². The van der Waals surface area contributed by atoms with E-state index in [-0.39, 0.29) is 12.0 Å². The number of hydrogen-bond acceptors (Lipinski definition) is 5. The summed E-state index contributed by atoms with van der Waals surface area (Å²) < 4.78 is 7.19. The maximum absolute atomic E-state index is 10.4. The molecule has 6 nitrogen and oxygen atoms in total. The number of aliphatic hydroxyl groups excluding tert-OH is 1. The minimum absolute atomic E-state index is 0.171. The van der Waals surface area contributed by atoms with Crippen molar-refractivity contribution in [3.63, 3.8) is 0 Å². The maximum Gasteiger partial charge on any atom is 0.137 e. The molecule has 3 heterocycles. The molecule has 1 aromatic carbocycles. The van der Waals surface area contributed by atoms with Gasteiger partial charge in [-0.2, -0.15) is 5.10 Å². The van der Waals surface area contributed by atoms with E-state index in [4.69, 9.17) is 4.52 Å². The first kappa shape index (κ1) is 16.1. The van der Waals surface area contributed by atoms with Crippen LogP contribution in [0.5, 0.6) is 0 Å². The lowest BCUT2D eigenvalue weighted by atomic mass is 10.0. The van der Waals surface area contributed by atoms with Crippen molar-refractivity contribution >= 4 is 0 Å². The summed E-state index contributed by atoms with van der Waals surface area (Å²) in [6, 6.07) is 12.1. The average molecular weight is 338 g/mol. The molecule has 2 aromatic heterocycles. The topological polar surface area (TPSA) is 67.3 Å². The van der Waals surface area contributed by atoms with E-state index in [1.807, 2.05) is 42.1 Å². The Kier molecular flexibility index (Phi) is 4.38. The third-order valence-electron chi connectivity index (χ3n) is 4.76. The Hall–Kier alpha value is -2.44. The number of nitrogens with zero attached hydrogens (tertiary/aromatic N) is 4. The van der Waals surface area contributed by atoms with Crippen LogP contribution in [0.4, 0.5) is 0 Å². The van der Waals surface area contributed by atoms with E-state index in [0.29, 0.717) is 6.54 Å². The van der Waals surface area contributed by atoms with Gasteiger partial charge in [0, 0.05) is 50.4 Å². The van der Waals surface area contributed by atoms with Crippen LogP contribution >= 0.6 is 0 Å². The summed E-state index contributed by atoms with van der Waals surface area (Å²) in [5.41, 5.74) is 3.17. The highest BCUT2D eigenvalue weighted by Crippen LogP contribution is 2.25. The second-order valence-electron chi connectivity index (χ2n) is 6.74. The highest BCUT2D eigenvalue weighted by Gasteiger charge is 2.32. The standard InChI is InChI=1S/C19H22N4O2/c1-14-9-17(25-21-14)10-16-12-22(13-19(16)24)11-15-5-2-3-6-18(15)23-8-4-7-20-23/h2-9,16,19,24H,10-13H2,1H3. The van der Waals surface area contributed by atoms with Crippen LogP contribution in [-0.2, 0) is 13.0 Å². The van der Waals surface area contributed by atoms with Gasteiger partial charge in [-0.25, -0.2) is 4.68 Å². The van der Waals surface area contributed by atoms with Gasteiger partial charge >= 0.3 is 0 Å². The molecule has 0 saturated carbocycles. The van der Waals surface area contributed by atoms with Gasteiger partial charge in [-0.05, 0) is 24.6 Å². The molecule has 0 radical (unpaired) electrons. The van der Waals surface area contributed by atoms with E-state index in [0.717, 1.165) is 36.7 Å². The van der Waals surface area contributed by atoms with Gasteiger partial charge in [-0.1, -0.05) is 23.4 Å². The van der Waals surface area contributed by atoms with Crippen LogP contribution in [0.25, 0.3) is 5.69 Å². The summed E-state index contributed by atoms with van der Waals surface area (Å²) in [7, 11) is 0. The monoisotopic (exact) mass is 338 g/mol. The molecule has 0 amide bonds. The molecule has 0 spiro atoms. The van der Waals surface area contributed by atoms with E-state index in [2.05, 4.69) is 27.3 Å². The maximum atomic E-state index is 10.4. The summed E-state index contributed by atoms with van der Waals surface area (Å²) in [6.45, 7) is 4.22. The van der Waals surface area contributed by atoms with E-state index in [1.54, 1.807) is 6.20 Å². The van der Waals surface area contributed by atoms with Crippen molar-refractivity contribution in [3.05, 3.63) is 65.8 Å². The van der Waals surface area contributed by atoms with Gasteiger partial charge in [0.15, 0.2) is 0 Å². The SMILES string of the molecule is Cc1cc(CC2CN(Cc3ccccc3-n3cccn3)CC2O)on1. The second kappa shape index (κ2) is 6.82. The van der Waals surface area contributed by atoms with E-state index in [1.165, 1.54) is 5.56 Å². The normalized spacial score (nSPS) is 21.0. The number of likely N-dealkylation sites (tertiary alicyclic amines) is 1. The summed E-state index contributed by atoms with van der Waals surface area (Å²) in [5, 5.41) is 18.7. The molecule has 130 valence electrons. The molecular weight excluding hydrogens is 316 g/mol. The molecule has 1 aliphatic rings. The van der Waals surface area contributed by atoms with Crippen molar-refractivity contribution in [1.82, 2.24) is 19.8 Å². The Morgan fingerprint density at radius 1 is 1.24 bits per heavy atom. The van der Waals surface area contributed by atoms with E-state index >= 15 is 0 Å². The zero-order chi connectivity index (χ0) is 17.2. The minimum Gasteiger partial charge on any atom is -0.391 e. The third kappa shape index (κ3) is 3.50. The van der Waals surface area contributed by atoms with Gasteiger partial charge in [0.2, 0.25) is 0 Å². The minimum atomic E-state index is -0.345. The smallest absolute Gasteiger partial charge is 0.137 e. The number of para-hydroxylation sites is 1. The van der Waals surface area contributed by atoms with Crippen LogP contribution in [0.15, 0.2) is 53.3 Å². The average Bonchev–Trinajstić information content (AvgIpc) is 3.32. The number of rotatable bonds is 5. The lowest BCUT2D eigenvalue weighted by molar-refractivity contribution is 0.137.